The second kappa shape index (κ2) is 6.71. The molecular formula is C15H30N2O2. The number of carbonyl (C=O) groups excluding carboxylic acids is 1. The van der Waals surface area contributed by atoms with Gasteiger partial charge in [0.2, 0.25) is 0 Å². The fourth-order valence-corrected chi connectivity index (χ4v) is 2.88. The summed E-state index contributed by atoms with van der Waals surface area (Å²) < 4.78 is 5.05. The minimum atomic E-state index is -0.884. The van der Waals surface area contributed by atoms with Gasteiger partial charge in [-0.05, 0) is 52.0 Å². The number of rotatable bonds is 6. The zero-order valence-corrected chi connectivity index (χ0v) is 13.1. The summed E-state index contributed by atoms with van der Waals surface area (Å²) in [7, 11) is 0. The Morgan fingerprint density at radius 1 is 1.47 bits per heavy atom. The fourth-order valence-electron chi connectivity index (χ4n) is 2.88. The Labute approximate surface area is 117 Å². The Bertz CT molecular complexity index is 303. The van der Waals surface area contributed by atoms with Crippen LogP contribution in [0.4, 0.5) is 0 Å². The van der Waals surface area contributed by atoms with Crippen LogP contribution in [0.15, 0.2) is 0 Å². The topological polar surface area (TPSA) is 55.6 Å². The van der Waals surface area contributed by atoms with E-state index in [0.717, 1.165) is 24.9 Å². The Morgan fingerprint density at radius 3 is 2.58 bits per heavy atom. The molecule has 3 unspecified atom stereocenters. The van der Waals surface area contributed by atoms with Gasteiger partial charge < -0.3 is 15.4 Å². The molecule has 4 heteroatoms. The number of nitrogens with zero attached hydrogens (tertiary/aromatic N) is 1. The predicted octanol–water partition coefficient (Wildman–Crippen LogP) is 2.02. The number of hydrogen-bond donors (Lipinski definition) is 1. The van der Waals surface area contributed by atoms with Crippen molar-refractivity contribution in [3.63, 3.8) is 0 Å². The lowest BCUT2D eigenvalue weighted by Crippen LogP contribution is -2.50. The molecule has 0 aliphatic carbocycles. The molecule has 19 heavy (non-hydrogen) atoms. The van der Waals surface area contributed by atoms with Crippen LogP contribution in [0, 0.1) is 11.8 Å². The molecule has 4 nitrogen and oxygen atoms in total. The third kappa shape index (κ3) is 4.46. The SMILES string of the molecule is CCOC(=O)C(C)(N)CC(C)N1CCC(C(C)C)C1. The van der Waals surface area contributed by atoms with E-state index in [9.17, 15) is 4.79 Å². The molecule has 0 radical (unpaired) electrons. The van der Waals surface area contributed by atoms with E-state index in [1.807, 2.05) is 6.92 Å². The summed E-state index contributed by atoms with van der Waals surface area (Å²) in [4.78, 5) is 14.3. The largest absolute Gasteiger partial charge is 0.465 e. The molecule has 0 aromatic rings. The monoisotopic (exact) mass is 270 g/mol. The van der Waals surface area contributed by atoms with Crippen molar-refractivity contribution in [2.75, 3.05) is 19.7 Å². The third-order valence-electron chi connectivity index (χ3n) is 4.28. The highest BCUT2D eigenvalue weighted by Gasteiger charge is 2.35. The lowest BCUT2D eigenvalue weighted by Gasteiger charge is -2.31. The van der Waals surface area contributed by atoms with Crippen molar-refractivity contribution in [2.45, 2.75) is 59.0 Å². The number of ether oxygens (including phenoxy) is 1. The van der Waals surface area contributed by atoms with Gasteiger partial charge in [-0.15, -0.1) is 0 Å². The number of nitrogens with two attached hydrogens (primary N) is 1. The summed E-state index contributed by atoms with van der Waals surface area (Å²) in [6.45, 7) is 12.9. The molecule has 0 bridgehead atoms. The van der Waals surface area contributed by atoms with Crippen molar-refractivity contribution in [2.24, 2.45) is 17.6 Å². The van der Waals surface area contributed by atoms with E-state index >= 15 is 0 Å². The van der Waals surface area contributed by atoms with Crippen LogP contribution in [-0.2, 0) is 9.53 Å². The second-order valence-corrected chi connectivity index (χ2v) is 6.48. The first-order valence-corrected chi connectivity index (χ1v) is 7.48. The Balaban J connectivity index is 2.51. The minimum absolute atomic E-state index is 0.290. The molecule has 0 spiro atoms. The summed E-state index contributed by atoms with van der Waals surface area (Å²) in [6, 6.07) is 0.322. The number of carbonyl (C=O) groups is 1. The third-order valence-corrected chi connectivity index (χ3v) is 4.28. The first kappa shape index (κ1) is 16.4. The van der Waals surface area contributed by atoms with Crippen LogP contribution in [0.2, 0.25) is 0 Å². The zero-order valence-electron chi connectivity index (χ0n) is 13.1. The highest BCUT2D eigenvalue weighted by Crippen LogP contribution is 2.27. The normalized spacial score (nSPS) is 25.3. The quantitative estimate of drug-likeness (QED) is 0.750. The molecule has 3 atom stereocenters. The second-order valence-electron chi connectivity index (χ2n) is 6.48. The summed E-state index contributed by atoms with van der Waals surface area (Å²) in [5, 5.41) is 0. The van der Waals surface area contributed by atoms with Crippen molar-refractivity contribution in [1.29, 1.82) is 0 Å². The summed E-state index contributed by atoms with van der Waals surface area (Å²) in [5.74, 6) is 1.21. The molecule has 1 aliphatic heterocycles. The summed E-state index contributed by atoms with van der Waals surface area (Å²) in [6.07, 6.45) is 1.90. The molecule has 0 aromatic heterocycles. The lowest BCUT2D eigenvalue weighted by atomic mass is 9.93. The molecule has 1 saturated heterocycles. The fraction of sp³-hybridized carbons (Fsp3) is 0.933. The minimum Gasteiger partial charge on any atom is -0.465 e. The highest BCUT2D eigenvalue weighted by atomic mass is 16.5. The zero-order chi connectivity index (χ0) is 14.6. The van der Waals surface area contributed by atoms with Crippen molar-refractivity contribution in [3.05, 3.63) is 0 Å². The van der Waals surface area contributed by atoms with Crippen molar-refractivity contribution < 1.29 is 9.53 Å². The van der Waals surface area contributed by atoms with Crippen molar-refractivity contribution >= 4 is 5.97 Å². The molecular weight excluding hydrogens is 240 g/mol. The van der Waals surface area contributed by atoms with Gasteiger partial charge in [0.05, 0.1) is 6.61 Å². The van der Waals surface area contributed by atoms with E-state index in [1.54, 1.807) is 6.92 Å². The van der Waals surface area contributed by atoms with Gasteiger partial charge in [0.25, 0.3) is 0 Å². The molecule has 112 valence electrons. The molecule has 1 rings (SSSR count). The van der Waals surface area contributed by atoms with Crippen LogP contribution in [0.1, 0.15) is 47.5 Å². The summed E-state index contributed by atoms with van der Waals surface area (Å²) in [5.41, 5.74) is 5.22. The van der Waals surface area contributed by atoms with E-state index in [2.05, 4.69) is 25.7 Å². The average Bonchev–Trinajstić information content (AvgIpc) is 2.78. The van der Waals surface area contributed by atoms with Gasteiger partial charge in [0.15, 0.2) is 0 Å². The number of hydrogen-bond acceptors (Lipinski definition) is 4. The lowest BCUT2D eigenvalue weighted by molar-refractivity contribution is -0.149. The maximum absolute atomic E-state index is 11.8. The van der Waals surface area contributed by atoms with Gasteiger partial charge in [0, 0.05) is 12.6 Å². The number of esters is 1. The molecule has 1 fully saturated rings. The Kier molecular flexibility index (Phi) is 5.81. The first-order chi connectivity index (χ1) is 8.77. The van der Waals surface area contributed by atoms with E-state index in [-0.39, 0.29) is 5.97 Å². The first-order valence-electron chi connectivity index (χ1n) is 7.48. The molecule has 1 aliphatic rings. The van der Waals surface area contributed by atoms with Gasteiger partial charge >= 0.3 is 5.97 Å². The van der Waals surface area contributed by atoms with Gasteiger partial charge in [-0.3, -0.25) is 4.79 Å². The van der Waals surface area contributed by atoms with Crippen LogP contribution in [0.5, 0.6) is 0 Å². The van der Waals surface area contributed by atoms with Crippen LogP contribution in [0.25, 0.3) is 0 Å². The van der Waals surface area contributed by atoms with Crippen LogP contribution < -0.4 is 5.73 Å². The van der Waals surface area contributed by atoms with Gasteiger partial charge in [-0.1, -0.05) is 13.8 Å². The average molecular weight is 270 g/mol. The van der Waals surface area contributed by atoms with E-state index < -0.39 is 5.54 Å². The van der Waals surface area contributed by atoms with Gasteiger partial charge in [0.1, 0.15) is 5.54 Å². The Hall–Kier alpha value is -0.610. The molecule has 2 N–H and O–H groups in total. The highest BCUT2D eigenvalue weighted by molar-refractivity contribution is 5.80. The van der Waals surface area contributed by atoms with Gasteiger partial charge in [-0.2, -0.15) is 0 Å². The predicted molar refractivity (Wildman–Crippen MR) is 77.8 cm³/mol. The Morgan fingerprint density at radius 2 is 2.11 bits per heavy atom. The van der Waals surface area contributed by atoms with E-state index in [4.69, 9.17) is 10.5 Å². The van der Waals surface area contributed by atoms with Crippen molar-refractivity contribution in [1.82, 2.24) is 4.90 Å². The maximum Gasteiger partial charge on any atom is 0.325 e. The summed E-state index contributed by atoms with van der Waals surface area (Å²) >= 11 is 0. The van der Waals surface area contributed by atoms with Crippen LogP contribution in [-0.4, -0.2) is 42.1 Å². The van der Waals surface area contributed by atoms with Gasteiger partial charge in [-0.25, -0.2) is 0 Å². The molecule has 0 saturated carbocycles. The molecule has 0 amide bonds. The molecule has 0 aromatic carbocycles. The van der Waals surface area contributed by atoms with Crippen LogP contribution in [0.3, 0.4) is 0 Å². The number of likely N-dealkylation sites (tertiary alicyclic amines) is 1. The standard InChI is InChI=1S/C15H30N2O2/c1-6-19-14(18)15(5,16)9-12(4)17-8-7-13(10-17)11(2)3/h11-13H,6-10,16H2,1-5H3. The van der Waals surface area contributed by atoms with Crippen LogP contribution >= 0.6 is 0 Å². The van der Waals surface area contributed by atoms with Crippen molar-refractivity contribution in [3.8, 4) is 0 Å². The molecule has 1 heterocycles. The maximum atomic E-state index is 11.8. The van der Waals surface area contributed by atoms with E-state index in [1.165, 1.54) is 6.42 Å². The smallest absolute Gasteiger partial charge is 0.325 e. The van der Waals surface area contributed by atoms with E-state index in [0.29, 0.717) is 19.1 Å².